The fourth-order valence-electron chi connectivity index (χ4n) is 2.00. The lowest BCUT2D eigenvalue weighted by Gasteiger charge is -2.15. The second-order valence-corrected chi connectivity index (χ2v) is 7.73. The molecule has 2 N–H and O–H groups in total. The summed E-state index contributed by atoms with van der Waals surface area (Å²) in [5.41, 5.74) is 1.68. The van der Waals surface area contributed by atoms with Crippen LogP contribution in [-0.4, -0.2) is 30.8 Å². The van der Waals surface area contributed by atoms with Crippen molar-refractivity contribution in [1.82, 2.24) is 4.72 Å². The number of carboxylic acids is 1. The standard InChI is InChI=1S/C16H17NO4S.C2H3ClO/c1-12-7-9-14(10-8-12)22(20,21)17-15(16(18)19)11-13-5-3-2-4-6-13;1-2(3)4/h2-10,15,17H,11H2,1H3,(H,18,19);1H3. The van der Waals surface area contributed by atoms with E-state index in [-0.39, 0.29) is 16.6 Å². The Labute approximate surface area is 157 Å². The summed E-state index contributed by atoms with van der Waals surface area (Å²) in [5, 5.41) is 8.90. The highest BCUT2D eigenvalue weighted by molar-refractivity contribution is 7.89. The predicted molar refractivity (Wildman–Crippen MR) is 99.6 cm³/mol. The first-order valence-corrected chi connectivity index (χ1v) is 9.49. The van der Waals surface area contributed by atoms with Crippen molar-refractivity contribution in [3.63, 3.8) is 0 Å². The topological polar surface area (TPSA) is 101 Å². The van der Waals surface area contributed by atoms with E-state index in [1.54, 1.807) is 36.4 Å². The van der Waals surface area contributed by atoms with Gasteiger partial charge in [-0.25, -0.2) is 8.42 Å². The number of aryl methyl sites for hydroxylation is 1. The Hall–Kier alpha value is -2.22. The molecule has 1 unspecified atom stereocenters. The highest BCUT2D eigenvalue weighted by Gasteiger charge is 2.25. The summed E-state index contributed by atoms with van der Waals surface area (Å²) in [6.07, 6.45) is 0.0846. The number of rotatable bonds is 6. The van der Waals surface area contributed by atoms with Gasteiger partial charge in [0.2, 0.25) is 15.3 Å². The number of benzene rings is 2. The summed E-state index contributed by atoms with van der Waals surface area (Å²) in [7, 11) is -3.87. The highest BCUT2D eigenvalue weighted by atomic mass is 35.5. The van der Waals surface area contributed by atoms with Crippen molar-refractivity contribution in [2.45, 2.75) is 31.2 Å². The molecule has 0 amide bonds. The number of carboxylic acid groups (broad SMARTS) is 1. The van der Waals surface area contributed by atoms with Gasteiger partial charge in [0, 0.05) is 6.92 Å². The van der Waals surface area contributed by atoms with Crippen molar-refractivity contribution in [1.29, 1.82) is 0 Å². The van der Waals surface area contributed by atoms with Crippen LogP contribution in [0.3, 0.4) is 0 Å². The Balaban J connectivity index is 0.000000765. The summed E-state index contributed by atoms with van der Waals surface area (Å²) in [4.78, 5) is 20.6. The molecule has 0 radical (unpaired) electrons. The minimum absolute atomic E-state index is 0.0532. The molecule has 2 aromatic carbocycles. The summed E-state index contributed by atoms with van der Waals surface area (Å²) in [6.45, 7) is 3.14. The summed E-state index contributed by atoms with van der Waals surface area (Å²) < 4.78 is 26.8. The van der Waals surface area contributed by atoms with Gasteiger partial charge in [0.1, 0.15) is 6.04 Å². The molecule has 0 aliphatic heterocycles. The largest absolute Gasteiger partial charge is 0.480 e. The highest BCUT2D eigenvalue weighted by Crippen LogP contribution is 2.12. The van der Waals surface area contributed by atoms with Gasteiger partial charge in [-0.1, -0.05) is 48.0 Å². The molecule has 0 saturated heterocycles. The van der Waals surface area contributed by atoms with E-state index in [2.05, 4.69) is 16.3 Å². The molecule has 2 aromatic rings. The minimum atomic E-state index is -3.87. The van der Waals surface area contributed by atoms with Crippen molar-refractivity contribution >= 4 is 32.8 Å². The Morgan fingerprint density at radius 1 is 1.08 bits per heavy atom. The van der Waals surface area contributed by atoms with Crippen molar-refractivity contribution in [3.8, 4) is 0 Å². The lowest BCUT2D eigenvalue weighted by atomic mass is 10.1. The first kappa shape index (κ1) is 21.8. The summed E-state index contributed by atoms with van der Waals surface area (Å²) in [6, 6.07) is 13.9. The molecule has 0 aromatic heterocycles. The van der Waals surface area contributed by atoms with Crippen LogP contribution in [0.15, 0.2) is 59.5 Å². The summed E-state index contributed by atoms with van der Waals surface area (Å²) in [5.74, 6) is -1.21. The van der Waals surface area contributed by atoms with Crippen molar-refractivity contribution in [2.75, 3.05) is 0 Å². The van der Waals surface area contributed by atoms with Crippen LogP contribution in [0.25, 0.3) is 0 Å². The smallest absolute Gasteiger partial charge is 0.322 e. The molecule has 1 atom stereocenters. The number of nitrogens with one attached hydrogen (secondary N) is 1. The van der Waals surface area contributed by atoms with Crippen LogP contribution in [0.1, 0.15) is 18.1 Å². The number of halogens is 1. The fourth-order valence-corrected chi connectivity index (χ4v) is 3.19. The predicted octanol–water partition coefficient (Wildman–Crippen LogP) is 2.74. The van der Waals surface area contributed by atoms with Gasteiger partial charge in [0.25, 0.3) is 0 Å². The Morgan fingerprint density at radius 2 is 1.58 bits per heavy atom. The van der Waals surface area contributed by atoms with Crippen LogP contribution >= 0.6 is 11.6 Å². The van der Waals surface area contributed by atoms with E-state index in [0.29, 0.717) is 0 Å². The molecule has 2 rings (SSSR count). The Bertz CT molecular complexity index is 832. The molecule has 0 fully saturated rings. The number of carbonyl (C=O) groups is 2. The van der Waals surface area contributed by atoms with Gasteiger partial charge < -0.3 is 5.11 Å². The molecule has 140 valence electrons. The van der Waals surface area contributed by atoms with Crippen LogP contribution in [0, 0.1) is 6.92 Å². The van der Waals surface area contributed by atoms with Crippen LogP contribution in [0.2, 0.25) is 0 Å². The molecule has 0 spiro atoms. The SMILES string of the molecule is CC(=O)Cl.Cc1ccc(S(=O)(=O)NC(Cc2ccccc2)C(=O)O)cc1. The third-order valence-electron chi connectivity index (χ3n) is 3.21. The average Bonchev–Trinajstić information content (AvgIpc) is 2.55. The van der Waals surface area contributed by atoms with E-state index in [0.717, 1.165) is 11.1 Å². The molecule has 0 aliphatic rings. The van der Waals surface area contributed by atoms with E-state index in [9.17, 15) is 23.1 Å². The maximum absolute atomic E-state index is 12.3. The van der Waals surface area contributed by atoms with E-state index >= 15 is 0 Å². The fraction of sp³-hybridized carbons (Fsp3) is 0.222. The Kier molecular flexibility index (Phi) is 8.44. The molecule has 0 aliphatic carbocycles. The average molecular weight is 398 g/mol. The van der Waals surface area contributed by atoms with Gasteiger partial charge in [0.15, 0.2) is 0 Å². The van der Waals surface area contributed by atoms with Crippen LogP contribution in [0.4, 0.5) is 0 Å². The zero-order chi connectivity index (χ0) is 19.7. The molecular formula is C18H20ClNO5S. The lowest BCUT2D eigenvalue weighted by molar-refractivity contribution is -0.138. The zero-order valence-electron chi connectivity index (χ0n) is 14.3. The molecule has 26 heavy (non-hydrogen) atoms. The van der Waals surface area contributed by atoms with Crippen molar-refractivity contribution < 1.29 is 23.1 Å². The van der Waals surface area contributed by atoms with Crippen LogP contribution < -0.4 is 4.72 Å². The number of hydrogen-bond acceptors (Lipinski definition) is 4. The lowest BCUT2D eigenvalue weighted by Crippen LogP contribution is -2.42. The number of aliphatic carboxylic acids is 1. The van der Waals surface area contributed by atoms with Crippen molar-refractivity contribution in [3.05, 3.63) is 65.7 Å². The number of hydrogen-bond donors (Lipinski definition) is 2. The van der Waals surface area contributed by atoms with E-state index in [1.807, 2.05) is 13.0 Å². The van der Waals surface area contributed by atoms with Gasteiger partial charge in [-0.05, 0) is 42.6 Å². The first-order valence-electron chi connectivity index (χ1n) is 7.63. The molecule has 0 bridgehead atoms. The van der Waals surface area contributed by atoms with Gasteiger partial charge in [-0.2, -0.15) is 4.72 Å². The second-order valence-electron chi connectivity index (χ2n) is 5.49. The maximum atomic E-state index is 12.3. The molecule has 8 heteroatoms. The van der Waals surface area contributed by atoms with Crippen LogP contribution in [-0.2, 0) is 26.0 Å². The monoisotopic (exact) mass is 397 g/mol. The molecular weight excluding hydrogens is 378 g/mol. The van der Waals surface area contributed by atoms with E-state index < -0.39 is 22.0 Å². The molecule has 0 saturated carbocycles. The minimum Gasteiger partial charge on any atom is -0.480 e. The normalized spacial score (nSPS) is 11.8. The number of sulfonamides is 1. The van der Waals surface area contributed by atoms with Gasteiger partial charge >= 0.3 is 5.97 Å². The third kappa shape index (κ3) is 7.77. The van der Waals surface area contributed by atoms with Gasteiger partial charge in [-0.15, -0.1) is 0 Å². The quantitative estimate of drug-likeness (QED) is 0.730. The van der Waals surface area contributed by atoms with E-state index in [4.69, 9.17) is 0 Å². The number of carbonyl (C=O) groups excluding carboxylic acids is 1. The third-order valence-corrected chi connectivity index (χ3v) is 4.70. The maximum Gasteiger partial charge on any atom is 0.322 e. The summed E-state index contributed by atoms with van der Waals surface area (Å²) >= 11 is 4.64. The van der Waals surface area contributed by atoms with Gasteiger partial charge in [0.05, 0.1) is 4.90 Å². The molecule has 6 nitrogen and oxygen atoms in total. The zero-order valence-corrected chi connectivity index (χ0v) is 15.9. The van der Waals surface area contributed by atoms with Crippen molar-refractivity contribution in [2.24, 2.45) is 0 Å². The van der Waals surface area contributed by atoms with Gasteiger partial charge in [-0.3, -0.25) is 9.59 Å². The molecule has 0 heterocycles. The van der Waals surface area contributed by atoms with E-state index in [1.165, 1.54) is 19.1 Å². The van der Waals surface area contributed by atoms with Crippen LogP contribution in [0.5, 0.6) is 0 Å². The second kappa shape index (κ2) is 10.1. The Morgan fingerprint density at radius 3 is 2.04 bits per heavy atom. The first-order chi connectivity index (χ1) is 12.1.